The summed E-state index contributed by atoms with van der Waals surface area (Å²) in [7, 11) is -3.94. The van der Waals surface area contributed by atoms with Crippen molar-refractivity contribution >= 4 is 15.8 Å². The highest BCUT2D eigenvalue weighted by atomic mass is 32.2. The Kier molecular flexibility index (Phi) is 5.35. The van der Waals surface area contributed by atoms with E-state index >= 15 is 0 Å². The number of halogens is 2. The zero-order valence-electron chi connectivity index (χ0n) is 15.8. The van der Waals surface area contributed by atoms with E-state index in [1.807, 2.05) is 4.90 Å². The molecule has 0 aliphatic carbocycles. The first-order chi connectivity index (χ1) is 14.4. The van der Waals surface area contributed by atoms with Crippen molar-refractivity contribution < 1.29 is 17.2 Å². The Balaban J connectivity index is 1.53. The third-order valence-electron chi connectivity index (χ3n) is 4.87. The number of benzene rings is 2. The van der Waals surface area contributed by atoms with Crippen LogP contribution in [-0.4, -0.2) is 48.7 Å². The van der Waals surface area contributed by atoms with Crippen molar-refractivity contribution in [2.24, 2.45) is 0 Å². The molecule has 0 atom stereocenters. The van der Waals surface area contributed by atoms with Crippen molar-refractivity contribution in [1.29, 1.82) is 0 Å². The molecule has 0 radical (unpaired) electrons. The molecule has 2 aromatic carbocycles. The summed E-state index contributed by atoms with van der Waals surface area (Å²) in [6.07, 6.45) is 0. The lowest BCUT2D eigenvalue weighted by molar-refractivity contribution is 0.380. The number of rotatable bonds is 4. The molecule has 1 aromatic heterocycles. The highest BCUT2D eigenvalue weighted by Gasteiger charge is 2.31. The Labute approximate surface area is 171 Å². The van der Waals surface area contributed by atoms with Crippen LogP contribution in [0.3, 0.4) is 0 Å². The molecule has 0 bridgehead atoms. The molecule has 10 heteroatoms. The first-order valence-corrected chi connectivity index (χ1v) is 10.7. The van der Waals surface area contributed by atoms with Gasteiger partial charge in [-0.25, -0.2) is 17.2 Å². The first kappa shape index (κ1) is 20.2. The monoisotopic (exact) mass is 432 g/mol. The van der Waals surface area contributed by atoms with Gasteiger partial charge in [0.1, 0.15) is 22.3 Å². The molecule has 1 fully saturated rings. The second kappa shape index (κ2) is 7.96. The molecular formula is C20H18F2N4O3S. The van der Waals surface area contributed by atoms with Gasteiger partial charge >= 0.3 is 0 Å². The lowest BCUT2D eigenvalue weighted by Crippen LogP contribution is -2.49. The van der Waals surface area contributed by atoms with Crippen molar-refractivity contribution in [2.75, 3.05) is 31.1 Å². The van der Waals surface area contributed by atoms with E-state index in [2.05, 4.69) is 5.10 Å². The standard InChI is InChI=1S/C20H18F2N4O3S/c21-15-5-7-16(8-6-15)26-20(27)10-9-19(23-26)24-11-13-25(14-12-24)30(28,29)18-4-2-1-3-17(18)22/h1-10H,11-14H2. The van der Waals surface area contributed by atoms with Gasteiger partial charge in [0, 0.05) is 32.2 Å². The third-order valence-corrected chi connectivity index (χ3v) is 6.81. The zero-order valence-corrected chi connectivity index (χ0v) is 16.6. The fourth-order valence-corrected chi connectivity index (χ4v) is 4.78. The Morgan fingerprint density at radius 2 is 1.50 bits per heavy atom. The van der Waals surface area contributed by atoms with Crippen LogP contribution < -0.4 is 10.5 Å². The fourth-order valence-electron chi connectivity index (χ4n) is 3.29. The van der Waals surface area contributed by atoms with Gasteiger partial charge in [0.05, 0.1) is 5.69 Å². The van der Waals surface area contributed by atoms with Crippen molar-refractivity contribution in [3.63, 3.8) is 0 Å². The summed E-state index contributed by atoms with van der Waals surface area (Å²) in [5.41, 5.74) is 0.0511. The van der Waals surface area contributed by atoms with E-state index in [0.29, 0.717) is 24.6 Å². The van der Waals surface area contributed by atoms with Crippen LogP contribution in [0.15, 0.2) is 70.4 Å². The highest BCUT2D eigenvalue weighted by molar-refractivity contribution is 7.89. The Morgan fingerprint density at radius 3 is 2.17 bits per heavy atom. The van der Waals surface area contributed by atoms with Crippen LogP contribution in [0.2, 0.25) is 0 Å². The van der Waals surface area contributed by atoms with Crippen molar-refractivity contribution in [3.05, 3.63) is 82.7 Å². The summed E-state index contributed by atoms with van der Waals surface area (Å²) in [5, 5.41) is 4.34. The number of hydrogen-bond acceptors (Lipinski definition) is 5. The summed E-state index contributed by atoms with van der Waals surface area (Å²) in [5.74, 6) is -0.718. The van der Waals surface area contributed by atoms with Gasteiger partial charge < -0.3 is 4.90 Å². The molecule has 4 rings (SSSR count). The minimum Gasteiger partial charge on any atom is -0.353 e. The molecule has 0 saturated carbocycles. The molecule has 0 unspecified atom stereocenters. The SMILES string of the molecule is O=c1ccc(N2CCN(S(=O)(=O)c3ccccc3F)CC2)nn1-c1ccc(F)cc1. The molecule has 0 N–H and O–H groups in total. The molecule has 156 valence electrons. The molecule has 1 saturated heterocycles. The van der Waals surface area contributed by atoms with Crippen molar-refractivity contribution in [3.8, 4) is 5.69 Å². The maximum atomic E-state index is 14.0. The predicted molar refractivity (Wildman–Crippen MR) is 107 cm³/mol. The van der Waals surface area contributed by atoms with Crippen LogP contribution in [0.1, 0.15) is 0 Å². The van der Waals surface area contributed by atoms with E-state index in [4.69, 9.17) is 0 Å². The second-order valence-corrected chi connectivity index (χ2v) is 8.65. The van der Waals surface area contributed by atoms with Crippen LogP contribution in [-0.2, 0) is 10.0 Å². The van der Waals surface area contributed by atoms with Gasteiger partial charge in [-0.15, -0.1) is 5.10 Å². The fraction of sp³-hybridized carbons (Fsp3) is 0.200. The van der Waals surface area contributed by atoms with E-state index in [-0.39, 0.29) is 23.5 Å². The van der Waals surface area contributed by atoms with E-state index in [0.717, 1.165) is 10.7 Å². The second-order valence-electron chi connectivity index (χ2n) is 6.74. The van der Waals surface area contributed by atoms with Gasteiger partial charge in [-0.05, 0) is 42.5 Å². The normalized spacial score (nSPS) is 15.3. The molecular weight excluding hydrogens is 414 g/mol. The number of sulfonamides is 1. The highest BCUT2D eigenvalue weighted by Crippen LogP contribution is 2.22. The lowest BCUT2D eigenvalue weighted by atomic mass is 10.3. The molecule has 0 amide bonds. The average Bonchev–Trinajstić information content (AvgIpc) is 2.75. The largest absolute Gasteiger partial charge is 0.353 e. The third kappa shape index (κ3) is 3.83. The van der Waals surface area contributed by atoms with Crippen LogP contribution in [0, 0.1) is 11.6 Å². The first-order valence-electron chi connectivity index (χ1n) is 9.22. The minimum absolute atomic E-state index is 0.147. The van der Waals surface area contributed by atoms with E-state index in [9.17, 15) is 22.0 Å². The van der Waals surface area contributed by atoms with E-state index in [1.165, 1.54) is 52.8 Å². The smallest absolute Gasteiger partial charge is 0.271 e. The van der Waals surface area contributed by atoms with Crippen LogP contribution >= 0.6 is 0 Å². The summed E-state index contributed by atoms with van der Waals surface area (Å²) in [4.78, 5) is 13.7. The number of nitrogens with zero attached hydrogens (tertiary/aromatic N) is 4. The number of anilines is 1. The quantitative estimate of drug-likeness (QED) is 0.631. The van der Waals surface area contributed by atoms with E-state index < -0.39 is 21.7 Å². The summed E-state index contributed by atoms with van der Waals surface area (Å²) >= 11 is 0. The van der Waals surface area contributed by atoms with Gasteiger partial charge in [-0.3, -0.25) is 4.79 Å². The van der Waals surface area contributed by atoms with E-state index in [1.54, 1.807) is 6.07 Å². The molecule has 2 heterocycles. The molecule has 7 nitrogen and oxygen atoms in total. The number of aromatic nitrogens is 2. The minimum atomic E-state index is -3.94. The Morgan fingerprint density at radius 1 is 0.833 bits per heavy atom. The van der Waals surface area contributed by atoms with Gasteiger partial charge in [0.25, 0.3) is 5.56 Å². The maximum absolute atomic E-state index is 14.0. The van der Waals surface area contributed by atoms with Crippen LogP contribution in [0.5, 0.6) is 0 Å². The Bertz CT molecular complexity index is 1220. The zero-order chi connectivity index (χ0) is 21.3. The van der Waals surface area contributed by atoms with Crippen LogP contribution in [0.4, 0.5) is 14.6 Å². The summed E-state index contributed by atoms with van der Waals surface area (Å²) in [6, 6.07) is 13.6. The topological polar surface area (TPSA) is 75.5 Å². The van der Waals surface area contributed by atoms with Gasteiger partial charge in [0.15, 0.2) is 0 Å². The number of hydrogen-bond donors (Lipinski definition) is 0. The molecule has 3 aromatic rings. The van der Waals surface area contributed by atoms with Crippen molar-refractivity contribution in [1.82, 2.24) is 14.1 Å². The molecule has 0 spiro atoms. The molecule has 30 heavy (non-hydrogen) atoms. The molecule has 1 aliphatic rings. The van der Waals surface area contributed by atoms with Gasteiger partial charge in [-0.2, -0.15) is 8.99 Å². The summed E-state index contributed by atoms with van der Waals surface area (Å²) in [6.45, 7) is 0.937. The van der Waals surface area contributed by atoms with Crippen LogP contribution in [0.25, 0.3) is 5.69 Å². The summed E-state index contributed by atoms with van der Waals surface area (Å²) < 4.78 is 55.0. The molecule has 1 aliphatic heterocycles. The number of piperazine rings is 1. The van der Waals surface area contributed by atoms with Crippen molar-refractivity contribution in [2.45, 2.75) is 4.90 Å². The average molecular weight is 432 g/mol. The van der Waals surface area contributed by atoms with Gasteiger partial charge in [0.2, 0.25) is 10.0 Å². The predicted octanol–water partition coefficient (Wildman–Crippen LogP) is 2.02. The van der Waals surface area contributed by atoms with Gasteiger partial charge in [-0.1, -0.05) is 12.1 Å². The maximum Gasteiger partial charge on any atom is 0.271 e. The Hall–Kier alpha value is -3.11. The lowest BCUT2D eigenvalue weighted by Gasteiger charge is -2.34.